The second kappa shape index (κ2) is 5.36. The predicted molar refractivity (Wildman–Crippen MR) is 72.8 cm³/mol. The summed E-state index contributed by atoms with van der Waals surface area (Å²) in [6.45, 7) is 2.23. The van der Waals surface area contributed by atoms with Gasteiger partial charge in [0.1, 0.15) is 29.2 Å². The molecule has 110 valence electrons. The topological polar surface area (TPSA) is 120 Å². The summed E-state index contributed by atoms with van der Waals surface area (Å²) in [6.07, 6.45) is 2.55. The Morgan fingerprint density at radius 1 is 1.71 bits per heavy atom. The number of hydrogen-bond donors (Lipinski definition) is 1. The van der Waals surface area contributed by atoms with Crippen molar-refractivity contribution in [1.82, 2.24) is 4.98 Å². The highest BCUT2D eigenvalue weighted by Crippen LogP contribution is 2.38. The third-order valence-electron chi connectivity index (χ3n) is 3.91. The van der Waals surface area contributed by atoms with Crippen molar-refractivity contribution in [2.45, 2.75) is 31.7 Å². The van der Waals surface area contributed by atoms with E-state index >= 15 is 0 Å². The second-order valence-corrected chi connectivity index (χ2v) is 4.88. The average molecular weight is 290 g/mol. The van der Waals surface area contributed by atoms with Crippen molar-refractivity contribution in [2.24, 2.45) is 0 Å². The summed E-state index contributed by atoms with van der Waals surface area (Å²) in [5.41, 5.74) is -1.37. The molecule has 0 spiro atoms. The summed E-state index contributed by atoms with van der Waals surface area (Å²) in [5, 5.41) is 29.5. The molecule has 1 fully saturated rings. The molecule has 0 radical (unpaired) electrons. The summed E-state index contributed by atoms with van der Waals surface area (Å²) in [6, 6.07) is 2.99. The molecule has 8 nitrogen and oxygen atoms in total. The summed E-state index contributed by atoms with van der Waals surface area (Å²) >= 11 is 0. The number of aliphatic carboxylic acids is 1. The number of anilines is 1. The van der Waals surface area contributed by atoms with E-state index in [1.165, 1.54) is 0 Å². The molecular weight excluding hydrogens is 276 g/mol. The molecule has 0 aliphatic carbocycles. The second-order valence-electron chi connectivity index (χ2n) is 4.88. The van der Waals surface area contributed by atoms with Gasteiger partial charge in [-0.15, -0.1) is 0 Å². The van der Waals surface area contributed by atoms with Gasteiger partial charge in [0.15, 0.2) is 0 Å². The Kier molecular flexibility index (Phi) is 3.76. The number of nitriles is 1. The molecule has 0 aromatic carbocycles. The molecule has 2 rings (SSSR count). The number of carboxylic acid groups (broad SMARTS) is 1. The number of carbonyl (C=O) groups is 1. The van der Waals surface area contributed by atoms with Crippen molar-refractivity contribution in [3.8, 4) is 6.07 Å². The molecule has 21 heavy (non-hydrogen) atoms. The van der Waals surface area contributed by atoms with E-state index < -0.39 is 16.4 Å². The largest absolute Gasteiger partial charge is 0.479 e. The van der Waals surface area contributed by atoms with Crippen LogP contribution in [0, 0.1) is 21.4 Å². The highest BCUT2D eigenvalue weighted by molar-refractivity contribution is 5.84. The van der Waals surface area contributed by atoms with Crippen LogP contribution in [0.2, 0.25) is 0 Å². The van der Waals surface area contributed by atoms with Crippen LogP contribution in [0.4, 0.5) is 11.5 Å². The number of pyridine rings is 1. The maximum absolute atomic E-state index is 11.7. The minimum Gasteiger partial charge on any atom is -0.479 e. The number of aromatic nitrogens is 1. The fourth-order valence-electron chi connectivity index (χ4n) is 2.77. The number of carboxylic acids is 1. The fraction of sp³-hybridized carbons (Fsp3) is 0.462. The minimum atomic E-state index is -1.10. The van der Waals surface area contributed by atoms with Crippen LogP contribution in [0.25, 0.3) is 0 Å². The molecule has 8 heteroatoms. The van der Waals surface area contributed by atoms with Crippen LogP contribution >= 0.6 is 0 Å². The third-order valence-corrected chi connectivity index (χ3v) is 3.91. The third kappa shape index (κ3) is 2.27. The monoisotopic (exact) mass is 290 g/mol. The first-order valence-electron chi connectivity index (χ1n) is 6.52. The van der Waals surface area contributed by atoms with Gasteiger partial charge in [-0.2, -0.15) is 5.26 Å². The number of hydrogen-bond acceptors (Lipinski definition) is 6. The fourth-order valence-corrected chi connectivity index (χ4v) is 2.77. The highest BCUT2D eigenvalue weighted by Gasteiger charge is 2.47. The van der Waals surface area contributed by atoms with E-state index in [4.69, 9.17) is 0 Å². The Labute approximate surface area is 120 Å². The maximum Gasteiger partial charge on any atom is 0.329 e. The van der Waals surface area contributed by atoms with Crippen LogP contribution < -0.4 is 4.90 Å². The molecule has 1 aromatic heterocycles. The standard InChI is InChI=1S/C13H14N4O4/c1-2-13(12(18)19)4-3-5-16(13)11-9(7-14)6-10(8-15-11)17(20)21/h6,8H,2-5H2,1H3,(H,18,19). The first-order valence-corrected chi connectivity index (χ1v) is 6.52. The lowest BCUT2D eigenvalue weighted by Gasteiger charge is -2.35. The number of rotatable bonds is 4. The number of nitro groups is 1. The molecular formula is C13H14N4O4. The van der Waals surface area contributed by atoms with Crippen molar-refractivity contribution in [1.29, 1.82) is 5.26 Å². The van der Waals surface area contributed by atoms with Crippen molar-refractivity contribution in [3.63, 3.8) is 0 Å². The van der Waals surface area contributed by atoms with Crippen LogP contribution in [0.1, 0.15) is 31.7 Å². The molecule has 0 bridgehead atoms. The first-order chi connectivity index (χ1) is 9.96. The van der Waals surface area contributed by atoms with Gasteiger partial charge in [-0.05, 0) is 19.3 Å². The van der Waals surface area contributed by atoms with Gasteiger partial charge in [-0.25, -0.2) is 9.78 Å². The van der Waals surface area contributed by atoms with Crippen LogP contribution in [0.5, 0.6) is 0 Å². The van der Waals surface area contributed by atoms with E-state index in [-0.39, 0.29) is 17.1 Å². The Morgan fingerprint density at radius 3 is 2.95 bits per heavy atom. The molecule has 1 saturated heterocycles. The van der Waals surface area contributed by atoms with Crippen LogP contribution in [-0.4, -0.2) is 33.1 Å². The molecule has 1 atom stereocenters. The van der Waals surface area contributed by atoms with Crippen LogP contribution in [-0.2, 0) is 4.79 Å². The predicted octanol–water partition coefficient (Wildman–Crippen LogP) is 1.70. The molecule has 0 amide bonds. The molecule has 0 saturated carbocycles. The highest BCUT2D eigenvalue weighted by atomic mass is 16.6. The lowest BCUT2D eigenvalue weighted by molar-refractivity contribution is -0.385. The quantitative estimate of drug-likeness (QED) is 0.661. The average Bonchev–Trinajstić information content (AvgIpc) is 2.91. The maximum atomic E-state index is 11.7. The van der Waals surface area contributed by atoms with Gasteiger partial charge in [0.05, 0.1) is 4.92 Å². The Balaban J connectivity index is 2.53. The van der Waals surface area contributed by atoms with Gasteiger partial charge in [0.25, 0.3) is 5.69 Å². The van der Waals surface area contributed by atoms with E-state index in [1.54, 1.807) is 11.8 Å². The van der Waals surface area contributed by atoms with E-state index in [9.17, 15) is 25.3 Å². The molecule has 1 aliphatic heterocycles. The Bertz CT molecular complexity index is 640. The lowest BCUT2D eigenvalue weighted by Crippen LogP contribution is -2.50. The smallest absolute Gasteiger partial charge is 0.329 e. The molecule has 1 unspecified atom stereocenters. The van der Waals surface area contributed by atoms with Gasteiger partial charge in [0.2, 0.25) is 0 Å². The lowest BCUT2D eigenvalue weighted by atomic mass is 9.92. The van der Waals surface area contributed by atoms with E-state index in [1.807, 2.05) is 6.07 Å². The molecule has 2 heterocycles. The summed E-state index contributed by atoms with van der Waals surface area (Å²) in [4.78, 5) is 27.3. The van der Waals surface area contributed by atoms with Crippen molar-refractivity contribution < 1.29 is 14.8 Å². The van der Waals surface area contributed by atoms with Gasteiger partial charge in [-0.1, -0.05) is 6.92 Å². The zero-order valence-corrected chi connectivity index (χ0v) is 11.4. The zero-order valence-electron chi connectivity index (χ0n) is 11.4. The summed E-state index contributed by atoms with van der Waals surface area (Å²) in [7, 11) is 0. The van der Waals surface area contributed by atoms with E-state index in [0.29, 0.717) is 25.8 Å². The molecule has 1 N–H and O–H groups in total. The van der Waals surface area contributed by atoms with Crippen molar-refractivity contribution in [2.75, 3.05) is 11.4 Å². The Hall–Kier alpha value is -2.69. The van der Waals surface area contributed by atoms with Crippen molar-refractivity contribution >= 4 is 17.5 Å². The van der Waals surface area contributed by atoms with Gasteiger partial charge >= 0.3 is 5.97 Å². The Morgan fingerprint density at radius 2 is 2.43 bits per heavy atom. The van der Waals surface area contributed by atoms with Crippen LogP contribution in [0.3, 0.4) is 0 Å². The van der Waals surface area contributed by atoms with Crippen molar-refractivity contribution in [3.05, 3.63) is 27.9 Å². The first kappa shape index (κ1) is 14.7. The molecule has 1 aromatic rings. The van der Waals surface area contributed by atoms with Gasteiger partial charge in [0, 0.05) is 12.6 Å². The van der Waals surface area contributed by atoms with E-state index in [0.717, 1.165) is 12.3 Å². The number of nitrogens with zero attached hydrogens (tertiary/aromatic N) is 4. The summed E-state index contributed by atoms with van der Waals surface area (Å²) in [5.74, 6) is -0.767. The molecule has 1 aliphatic rings. The minimum absolute atomic E-state index is 0.0187. The van der Waals surface area contributed by atoms with Gasteiger partial charge in [-0.3, -0.25) is 10.1 Å². The zero-order chi connectivity index (χ0) is 15.6. The van der Waals surface area contributed by atoms with Crippen LogP contribution in [0.15, 0.2) is 12.3 Å². The van der Waals surface area contributed by atoms with E-state index in [2.05, 4.69) is 4.98 Å². The van der Waals surface area contributed by atoms with Gasteiger partial charge < -0.3 is 10.0 Å². The normalized spacial score (nSPS) is 21.0. The SMILES string of the molecule is CCC1(C(=O)O)CCCN1c1ncc([N+](=O)[O-])cc1C#N. The summed E-state index contributed by atoms with van der Waals surface area (Å²) < 4.78 is 0.